The van der Waals surface area contributed by atoms with Crippen molar-refractivity contribution in [2.24, 2.45) is 23.0 Å². The molecule has 2 N–H and O–H groups in total. The van der Waals surface area contributed by atoms with Crippen LogP contribution >= 0.6 is 12.4 Å². The SMILES string of the molecule is CCCC(CC1CCCCC1)C(=O)N1CCC(N)C(C)(C)C1.Cl. The van der Waals surface area contributed by atoms with Gasteiger partial charge >= 0.3 is 0 Å². The molecule has 1 aliphatic carbocycles. The molecule has 0 aromatic rings. The van der Waals surface area contributed by atoms with Crippen LogP contribution in [0.1, 0.15) is 78.6 Å². The number of halogens is 1. The van der Waals surface area contributed by atoms with Crippen LogP contribution in [0.4, 0.5) is 0 Å². The minimum atomic E-state index is 0. The second kappa shape index (κ2) is 9.27. The molecule has 1 aliphatic heterocycles. The van der Waals surface area contributed by atoms with Gasteiger partial charge in [-0.05, 0) is 30.6 Å². The van der Waals surface area contributed by atoms with Crippen LogP contribution in [0.5, 0.6) is 0 Å². The zero-order chi connectivity index (χ0) is 16.2. The summed E-state index contributed by atoms with van der Waals surface area (Å²) in [6.07, 6.45) is 11.0. The Hall–Kier alpha value is -0.280. The summed E-state index contributed by atoms with van der Waals surface area (Å²) in [5.74, 6) is 1.44. The number of likely N-dealkylation sites (tertiary alicyclic amines) is 1. The second-order valence-corrected chi connectivity index (χ2v) is 8.37. The summed E-state index contributed by atoms with van der Waals surface area (Å²) in [6.45, 7) is 8.30. The van der Waals surface area contributed by atoms with Gasteiger partial charge in [-0.1, -0.05) is 59.3 Å². The average molecular weight is 345 g/mol. The summed E-state index contributed by atoms with van der Waals surface area (Å²) in [7, 11) is 0. The number of nitrogens with zero attached hydrogens (tertiary/aromatic N) is 1. The third-order valence-corrected chi connectivity index (χ3v) is 5.95. The van der Waals surface area contributed by atoms with Crippen LogP contribution in [-0.2, 0) is 4.79 Å². The largest absolute Gasteiger partial charge is 0.342 e. The highest BCUT2D eigenvalue weighted by molar-refractivity contribution is 5.85. The fraction of sp³-hybridized carbons (Fsp3) is 0.947. The van der Waals surface area contributed by atoms with Gasteiger partial charge in [0.1, 0.15) is 0 Å². The Morgan fingerprint density at radius 2 is 1.87 bits per heavy atom. The van der Waals surface area contributed by atoms with E-state index in [1.165, 1.54) is 32.1 Å². The lowest BCUT2D eigenvalue weighted by Gasteiger charge is -2.44. The first-order valence-corrected chi connectivity index (χ1v) is 9.48. The van der Waals surface area contributed by atoms with E-state index >= 15 is 0 Å². The molecule has 2 rings (SSSR count). The van der Waals surface area contributed by atoms with Crippen molar-refractivity contribution in [3.63, 3.8) is 0 Å². The van der Waals surface area contributed by atoms with E-state index in [0.717, 1.165) is 44.7 Å². The van der Waals surface area contributed by atoms with E-state index < -0.39 is 0 Å². The predicted octanol–water partition coefficient (Wildman–Crippen LogP) is 4.38. The Bertz CT molecular complexity index is 366. The third-order valence-electron chi connectivity index (χ3n) is 5.95. The van der Waals surface area contributed by atoms with E-state index in [-0.39, 0.29) is 29.8 Å². The number of carbonyl (C=O) groups excluding carboxylic acids is 1. The molecule has 3 nitrogen and oxygen atoms in total. The van der Waals surface area contributed by atoms with Gasteiger partial charge < -0.3 is 10.6 Å². The molecule has 2 fully saturated rings. The molecule has 136 valence electrons. The Balaban J connectivity index is 0.00000264. The normalized spacial score (nSPS) is 26.4. The zero-order valence-corrected chi connectivity index (χ0v) is 16.2. The molecule has 0 radical (unpaired) electrons. The van der Waals surface area contributed by atoms with E-state index in [2.05, 4.69) is 25.7 Å². The maximum Gasteiger partial charge on any atom is 0.225 e. The van der Waals surface area contributed by atoms with E-state index in [1.54, 1.807) is 0 Å². The number of rotatable bonds is 5. The van der Waals surface area contributed by atoms with E-state index in [4.69, 9.17) is 5.73 Å². The smallest absolute Gasteiger partial charge is 0.225 e. The van der Waals surface area contributed by atoms with E-state index in [0.29, 0.717) is 5.91 Å². The van der Waals surface area contributed by atoms with Crippen molar-refractivity contribution in [3.8, 4) is 0 Å². The number of hydrogen-bond acceptors (Lipinski definition) is 2. The molecule has 0 aromatic carbocycles. The van der Waals surface area contributed by atoms with Crippen LogP contribution in [0.25, 0.3) is 0 Å². The number of carbonyl (C=O) groups is 1. The van der Waals surface area contributed by atoms with Crippen LogP contribution in [0.3, 0.4) is 0 Å². The van der Waals surface area contributed by atoms with Crippen molar-refractivity contribution in [3.05, 3.63) is 0 Å². The van der Waals surface area contributed by atoms with Gasteiger partial charge in [-0.25, -0.2) is 0 Å². The monoisotopic (exact) mass is 344 g/mol. The minimum Gasteiger partial charge on any atom is -0.342 e. The molecule has 2 atom stereocenters. The van der Waals surface area contributed by atoms with Gasteiger partial charge in [-0.15, -0.1) is 12.4 Å². The maximum atomic E-state index is 13.0. The van der Waals surface area contributed by atoms with Crippen molar-refractivity contribution >= 4 is 18.3 Å². The lowest BCUT2D eigenvalue weighted by molar-refractivity contribution is -0.140. The molecular formula is C19H37ClN2O. The summed E-state index contributed by atoms with van der Waals surface area (Å²) < 4.78 is 0. The highest BCUT2D eigenvalue weighted by Crippen LogP contribution is 2.33. The lowest BCUT2D eigenvalue weighted by Crippen LogP contribution is -2.55. The van der Waals surface area contributed by atoms with E-state index in [9.17, 15) is 4.79 Å². The molecule has 1 saturated carbocycles. The van der Waals surface area contributed by atoms with Crippen LogP contribution < -0.4 is 5.73 Å². The maximum absolute atomic E-state index is 13.0. The van der Waals surface area contributed by atoms with Crippen LogP contribution in [0.2, 0.25) is 0 Å². The number of nitrogens with two attached hydrogens (primary N) is 1. The summed E-state index contributed by atoms with van der Waals surface area (Å²) in [5.41, 5.74) is 6.27. The van der Waals surface area contributed by atoms with Gasteiger partial charge in [0, 0.05) is 25.0 Å². The predicted molar refractivity (Wildman–Crippen MR) is 99.8 cm³/mol. The van der Waals surface area contributed by atoms with Crippen molar-refractivity contribution < 1.29 is 4.79 Å². The molecule has 2 unspecified atom stereocenters. The van der Waals surface area contributed by atoms with Crippen molar-refractivity contribution in [1.29, 1.82) is 0 Å². The van der Waals surface area contributed by atoms with Crippen LogP contribution in [0.15, 0.2) is 0 Å². The Morgan fingerprint density at radius 3 is 2.43 bits per heavy atom. The Kier molecular flexibility index (Phi) is 8.37. The van der Waals surface area contributed by atoms with Crippen LogP contribution in [-0.4, -0.2) is 29.9 Å². The molecule has 4 heteroatoms. The minimum absolute atomic E-state index is 0. The fourth-order valence-electron chi connectivity index (χ4n) is 4.34. The number of amides is 1. The quantitative estimate of drug-likeness (QED) is 0.804. The average Bonchev–Trinajstić information content (AvgIpc) is 2.50. The Labute approximate surface area is 149 Å². The molecular weight excluding hydrogens is 308 g/mol. The lowest BCUT2D eigenvalue weighted by atomic mass is 9.78. The molecule has 0 spiro atoms. The first kappa shape index (κ1) is 20.8. The van der Waals surface area contributed by atoms with E-state index in [1.807, 2.05) is 0 Å². The molecule has 1 saturated heterocycles. The third kappa shape index (κ3) is 5.63. The number of piperidine rings is 1. The summed E-state index contributed by atoms with van der Waals surface area (Å²) in [4.78, 5) is 15.2. The molecule has 2 aliphatic rings. The van der Waals surface area contributed by atoms with Gasteiger partial charge in [-0.2, -0.15) is 0 Å². The van der Waals surface area contributed by atoms with Gasteiger partial charge in [0.05, 0.1) is 0 Å². The number of hydrogen-bond donors (Lipinski definition) is 1. The van der Waals surface area contributed by atoms with Gasteiger partial charge in [0.25, 0.3) is 0 Å². The zero-order valence-electron chi connectivity index (χ0n) is 15.4. The first-order chi connectivity index (χ1) is 10.4. The summed E-state index contributed by atoms with van der Waals surface area (Å²) >= 11 is 0. The standard InChI is InChI=1S/C19H36N2O.ClH/c1-4-8-16(13-15-9-6-5-7-10-15)18(22)21-12-11-17(20)19(2,3)14-21;/h15-17H,4-14,20H2,1-3H3;1H. The molecule has 0 aromatic heterocycles. The van der Waals surface area contributed by atoms with Gasteiger partial charge in [0.15, 0.2) is 0 Å². The van der Waals surface area contributed by atoms with Crippen molar-refractivity contribution in [1.82, 2.24) is 4.90 Å². The molecule has 1 amide bonds. The molecule has 0 bridgehead atoms. The highest BCUT2D eigenvalue weighted by atomic mass is 35.5. The summed E-state index contributed by atoms with van der Waals surface area (Å²) in [5, 5.41) is 0. The highest BCUT2D eigenvalue weighted by Gasteiger charge is 2.37. The molecule has 23 heavy (non-hydrogen) atoms. The summed E-state index contributed by atoms with van der Waals surface area (Å²) in [6, 6.07) is 0.222. The molecule has 1 heterocycles. The van der Waals surface area contributed by atoms with Gasteiger partial charge in [-0.3, -0.25) is 4.79 Å². The fourth-order valence-corrected chi connectivity index (χ4v) is 4.34. The first-order valence-electron chi connectivity index (χ1n) is 9.48. The second-order valence-electron chi connectivity index (χ2n) is 8.37. The van der Waals surface area contributed by atoms with Crippen molar-refractivity contribution in [2.75, 3.05) is 13.1 Å². The van der Waals surface area contributed by atoms with Gasteiger partial charge in [0.2, 0.25) is 5.91 Å². The van der Waals surface area contributed by atoms with Crippen molar-refractivity contribution in [2.45, 2.75) is 84.6 Å². The van der Waals surface area contributed by atoms with Crippen LogP contribution in [0, 0.1) is 17.3 Å². The topological polar surface area (TPSA) is 46.3 Å². The Morgan fingerprint density at radius 1 is 1.22 bits per heavy atom.